The third-order valence-corrected chi connectivity index (χ3v) is 4.78. The van der Waals surface area contributed by atoms with Gasteiger partial charge in [-0.2, -0.15) is 0 Å². The summed E-state index contributed by atoms with van der Waals surface area (Å²) >= 11 is 0. The predicted octanol–water partition coefficient (Wildman–Crippen LogP) is 3.99. The van der Waals surface area contributed by atoms with Gasteiger partial charge in [0.15, 0.2) is 29.6 Å². The Morgan fingerprint density at radius 1 is 0.676 bits per heavy atom. The molecule has 0 bridgehead atoms. The Morgan fingerprint density at radius 3 is 1.97 bits per heavy atom. The number of carbonyl (C=O) groups is 2. The molecule has 0 spiro atoms. The van der Waals surface area contributed by atoms with Crippen LogP contribution >= 0.6 is 0 Å². The van der Waals surface area contributed by atoms with Crippen LogP contribution < -0.4 is 34.3 Å². The van der Waals surface area contributed by atoms with Crippen LogP contribution in [0.3, 0.4) is 0 Å². The van der Waals surface area contributed by atoms with Gasteiger partial charge in [0.2, 0.25) is 5.75 Å². The lowest BCUT2D eigenvalue weighted by atomic mass is 10.1. The van der Waals surface area contributed by atoms with Crippen LogP contribution in [-0.2, 0) is 4.79 Å². The van der Waals surface area contributed by atoms with Gasteiger partial charge in [0.25, 0.3) is 11.8 Å². The summed E-state index contributed by atoms with van der Waals surface area (Å²) in [4.78, 5) is 25.3. The first kappa shape index (κ1) is 24.2. The summed E-state index contributed by atoms with van der Waals surface area (Å²) in [5.41, 5.74) is 1.23. The first-order valence-electron chi connectivity index (χ1n) is 10.3. The molecule has 0 saturated carbocycles. The van der Waals surface area contributed by atoms with Gasteiger partial charge in [-0.1, -0.05) is 18.2 Å². The van der Waals surface area contributed by atoms with Crippen LogP contribution in [0, 0.1) is 0 Å². The van der Waals surface area contributed by atoms with Crippen LogP contribution in [0.4, 0.5) is 11.4 Å². The van der Waals surface area contributed by atoms with E-state index in [1.807, 2.05) is 6.07 Å². The van der Waals surface area contributed by atoms with Gasteiger partial charge >= 0.3 is 0 Å². The van der Waals surface area contributed by atoms with Crippen molar-refractivity contribution in [1.82, 2.24) is 0 Å². The maximum Gasteiger partial charge on any atom is 0.262 e. The molecule has 9 nitrogen and oxygen atoms in total. The number of rotatable bonds is 10. The second kappa shape index (κ2) is 11.5. The zero-order valence-corrected chi connectivity index (χ0v) is 19.3. The molecule has 34 heavy (non-hydrogen) atoms. The molecule has 178 valence electrons. The number of anilines is 2. The summed E-state index contributed by atoms with van der Waals surface area (Å²) < 4.78 is 26.7. The number of ether oxygens (including phenoxy) is 5. The Kier molecular flexibility index (Phi) is 8.17. The SMILES string of the molecule is COc1ccccc1OCC(=O)Nc1cccc(NC(=O)c2ccc(OC)c(OC)c2OC)c1. The highest BCUT2D eigenvalue weighted by molar-refractivity contribution is 6.07. The molecular weight excluding hydrogens is 440 g/mol. The molecule has 3 aromatic carbocycles. The summed E-state index contributed by atoms with van der Waals surface area (Å²) in [7, 11) is 5.93. The van der Waals surface area contributed by atoms with Gasteiger partial charge < -0.3 is 34.3 Å². The maximum absolute atomic E-state index is 12.9. The van der Waals surface area contributed by atoms with Gasteiger partial charge in [0, 0.05) is 11.4 Å². The van der Waals surface area contributed by atoms with Crippen LogP contribution in [0.2, 0.25) is 0 Å². The minimum absolute atomic E-state index is 0.209. The second-order valence-electron chi connectivity index (χ2n) is 6.90. The highest BCUT2D eigenvalue weighted by atomic mass is 16.5. The van der Waals surface area contributed by atoms with E-state index in [2.05, 4.69) is 10.6 Å². The number of hydrogen-bond donors (Lipinski definition) is 2. The van der Waals surface area contributed by atoms with Gasteiger partial charge in [-0.3, -0.25) is 9.59 Å². The summed E-state index contributed by atoms with van der Waals surface area (Å²) in [6.07, 6.45) is 0. The van der Waals surface area contributed by atoms with Gasteiger partial charge in [-0.15, -0.1) is 0 Å². The zero-order valence-electron chi connectivity index (χ0n) is 19.3. The molecule has 0 aliphatic heterocycles. The predicted molar refractivity (Wildman–Crippen MR) is 128 cm³/mol. The summed E-state index contributed by atoms with van der Waals surface area (Å²) in [5.74, 6) is 1.22. The van der Waals surface area contributed by atoms with E-state index in [9.17, 15) is 9.59 Å². The van der Waals surface area contributed by atoms with E-state index < -0.39 is 5.91 Å². The fourth-order valence-corrected chi connectivity index (χ4v) is 3.23. The minimum Gasteiger partial charge on any atom is -0.493 e. The fraction of sp³-hybridized carbons (Fsp3) is 0.200. The molecule has 2 N–H and O–H groups in total. The topological polar surface area (TPSA) is 104 Å². The molecule has 0 atom stereocenters. The molecule has 0 saturated heterocycles. The van der Waals surface area contributed by atoms with Crippen LogP contribution in [0.25, 0.3) is 0 Å². The van der Waals surface area contributed by atoms with Crippen molar-refractivity contribution in [2.24, 2.45) is 0 Å². The highest BCUT2D eigenvalue weighted by Gasteiger charge is 2.21. The zero-order chi connectivity index (χ0) is 24.5. The molecule has 0 radical (unpaired) electrons. The lowest BCUT2D eigenvalue weighted by Crippen LogP contribution is -2.20. The van der Waals surface area contributed by atoms with Crippen LogP contribution in [0.5, 0.6) is 28.7 Å². The van der Waals surface area contributed by atoms with Crippen LogP contribution in [0.15, 0.2) is 60.7 Å². The lowest BCUT2D eigenvalue weighted by molar-refractivity contribution is -0.118. The van der Waals surface area contributed by atoms with E-state index >= 15 is 0 Å². The molecule has 0 aliphatic rings. The van der Waals surface area contributed by atoms with Crippen molar-refractivity contribution in [3.8, 4) is 28.7 Å². The quantitative estimate of drug-likeness (QED) is 0.466. The van der Waals surface area contributed by atoms with Crippen LogP contribution in [0.1, 0.15) is 10.4 Å². The monoisotopic (exact) mass is 466 g/mol. The van der Waals surface area contributed by atoms with Crippen molar-refractivity contribution in [3.05, 3.63) is 66.2 Å². The first-order chi connectivity index (χ1) is 16.5. The molecule has 3 aromatic rings. The van der Waals surface area contributed by atoms with Gasteiger partial charge in [-0.05, 0) is 42.5 Å². The van der Waals surface area contributed by atoms with Crippen molar-refractivity contribution < 1.29 is 33.3 Å². The molecule has 9 heteroatoms. The molecule has 0 fully saturated rings. The van der Waals surface area contributed by atoms with Gasteiger partial charge in [-0.25, -0.2) is 0 Å². The first-order valence-corrected chi connectivity index (χ1v) is 10.3. The Balaban J connectivity index is 1.68. The number of methoxy groups -OCH3 is 4. The maximum atomic E-state index is 12.9. The van der Waals surface area contributed by atoms with E-state index in [4.69, 9.17) is 23.7 Å². The molecular formula is C25H26N2O7. The van der Waals surface area contributed by atoms with Crippen LogP contribution in [-0.4, -0.2) is 46.9 Å². The summed E-state index contributed by atoms with van der Waals surface area (Å²) in [6.45, 7) is -0.209. The average Bonchev–Trinajstić information content (AvgIpc) is 2.86. The average molecular weight is 466 g/mol. The molecule has 0 unspecified atom stereocenters. The third-order valence-electron chi connectivity index (χ3n) is 4.78. The Hall–Kier alpha value is -4.40. The van der Waals surface area contributed by atoms with Crippen molar-refractivity contribution in [2.75, 3.05) is 45.7 Å². The Labute approximate surface area is 197 Å². The van der Waals surface area contributed by atoms with Crippen molar-refractivity contribution >= 4 is 23.2 Å². The van der Waals surface area contributed by atoms with E-state index in [0.29, 0.717) is 34.4 Å². The lowest BCUT2D eigenvalue weighted by Gasteiger charge is -2.16. The fourth-order valence-electron chi connectivity index (χ4n) is 3.23. The molecule has 0 aromatic heterocycles. The summed E-state index contributed by atoms with van der Waals surface area (Å²) in [6, 6.07) is 17.0. The standard InChI is InChI=1S/C25H26N2O7/c1-30-19-10-5-6-11-20(19)34-15-22(28)26-16-8-7-9-17(14-16)27-25(29)18-12-13-21(31-2)24(33-4)23(18)32-3/h5-14H,15H2,1-4H3,(H,26,28)(H,27,29). The molecule has 0 aliphatic carbocycles. The van der Waals surface area contributed by atoms with Crippen molar-refractivity contribution in [1.29, 1.82) is 0 Å². The number of para-hydroxylation sites is 2. The number of hydrogen-bond acceptors (Lipinski definition) is 7. The van der Waals surface area contributed by atoms with Gasteiger partial charge in [0.1, 0.15) is 0 Å². The Bertz CT molecular complexity index is 1160. The van der Waals surface area contributed by atoms with E-state index in [1.165, 1.54) is 28.4 Å². The van der Waals surface area contributed by atoms with E-state index in [1.54, 1.807) is 54.6 Å². The van der Waals surface area contributed by atoms with Crippen molar-refractivity contribution in [2.45, 2.75) is 0 Å². The number of nitrogens with one attached hydrogen (secondary N) is 2. The van der Waals surface area contributed by atoms with E-state index in [0.717, 1.165) is 0 Å². The van der Waals surface area contributed by atoms with Crippen molar-refractivity contribution in [3.63, 3.8) is 0 Å². The number of benzene rings is 3. The molecule has 3 rings (SSSR count). The Morgan fingerprint density at radius 2 is 1.32 bits per heavy atom. The highest BCUT2D eigenvalue weighted by Crippen LogP contribution is 2.40. The second-order valence-corrected chi connectivity index (χ2v) is 6.90. The smallest absolute Gasteiger partial charge is 0.262 e. The molecule has 2 amide bonds. The summed E-state index contributed by atoms with van der Waals surface area (Å²) in [5, 5.41) is 5.54. The normalized spacial score (nSPS) is 10.1. The minimum atomic E-state index is -0.416. The van der Waals surface area contributed by atoms with Gasteiger partial charge in [0.05, 0.1) is 34.0 Å². The van der Waals surface area contributed by atoms with E-state index in [-0.39, 0.29) is 23.8 Å². The number of carbonyl (C=O) groups excluding carboxylic acids is 2. The third kappa shape index (κ3) is 5.69. The molecule has 0 heterocycles. The largest absolute Gasteiger partial charge is 0.493 e. The number of amides is 2.